The number of hydrogen-bond donors (Lipinski definition) is 0. The molecule has 1 fully saturated rings. The Morgan fingerprint density at radius 1 is 1.45 bits per heavy atom. The summed E-state index contributed by atoms with van der Waals surface area (Å²) in [4.78, 5) is 0. The molecule has 0 N–H and O–H groups in total. The summed E-state index contributed by atoms with van der Waals surface area (Å²) in [5, 5.41) is 8.29. The van der Waals surface area contributed by atoms with Gasteiger partial charge in [0.1, 0.15) is 5.76 Å². The minimum atomic E-state index is -2.50. The number of thioether (sulfide) groups is 1. The molecule has 20 heavy (non-hydrogen) atoms. The Balaban J connectivity index is 1.60. The van der Waals surface area contributed by atoms with Gasteiger partial charge in [-0.3, -0.25) is 0 Å². The first kappa shape index (κ1) is 13.6. The molecule has 0 unspecified atom stereocenters. The Morgan fingerprint density at radius 3 is 2.95 bits per heavy atom. The molecule has 1 aliphatic carbocycles. The van der Waals surface area contributed by atoms with Gasteiger partial charge in [0.2, 0.25) is 5.92 Å². The quantitative estimate of drug-likeness (QED) is 0.793. The van der Waals surface area contributed by atoms with Crippen molar-refractivity contribution >= 4 is 11.8 Å². The predicted molar refractivity (Wildman–Crippen MR) is 69.7 cm³/mol. The molecule has 7 heteroatoms. The van der Waals surface area contributed by atoms with Crippen LogP contribution in [0, 0.1) is 12.8 Å². The predicted octanol–water partition coefficient (Wildman–Crippen LogP) is 4.17. The molecule has 0 radical (unpaired) electrons. The van der Waals surface area contributed by atoms with Crippen LogP contribution in [0.3, 0.4) is 0 Å². The van der Waals surface area contributed by atoms with Crippen LogP contribution >= 0.6 is 11.8 Å². The van der Waals surface area contributed by atoms with Crippen molar-refractivity contribution in [3.05, 3.63) is 18.1 Å². The van der Waals surface area contributed by atoms with Gasteiger partial charge in [-0.05, 0) is 25.3 Å². The topological polar surface area (TPSA) is 52.1 Å². The van der Waals surface area contributed by atoms with Crippen molar-refractivity contribution in [1.82, 2.24) is 10.2 Å². The van der Waals surface area contributed by atoms with Crippen LogP contribution in [0.25, 0.3) is 11.5 Å². The number of aromatic nitrogens is 2. The monoisotopic (exact) mass is 300 g/mol. The maximum Gasteiger partial charge on any atom is 0.276 e. The molecular weight excluding hydrogens is 286 g/mol. The summed E-state index contributed by atoms with van der Waals surface area (Å²) < 4.78 is 36.9. The molecule has 0 spiro atoms. The van der Waals surface area contributed by atoms with Crippen molar-refractivity contribution in [2.75, 3.05) is 5.75 Å². The van der Waals surface area contributed by atoms with Gasteiger partial charge < -0.3 is 8.83 Å². The zero-order valence-corrected chi connectivity index (χ0v) is 11.8. The van der Waals surface area contributed by atoms with E-state index in [9.17, 15) is 8.78 Å². The van der Waals surface area contributed by atoms with E-state index in [0.717, 1.165) is 5.56 Å². The van der Waals surface area contributed by atoms with E-state index in [1.165, 1.54) is 11.8 Å². The highest BCUT2D eigenvalue weighted by molar-refractivity contribution is 7.99. The van der Waals surface area contributed by atoms with E-state index in [1.807, 2.05) is 6.92 Å². The van der Waals surface area contributed by atoms with Crippen molar-refractivity contribution in [3.8, 4) is 11.5 Å². The van der Waals surface area contributed by atoms with Gasteiger partial charge >= 0.3 is 0 Å². The first-order valence-electron chi connectivity index (χ1n) is 6.42. The summed E-state index contributed by atoms with van der Waals surface area (Å²) in [5.41, 5.74) is 0.761. The van der Waals surface area contributed by atoms with Crippen molar-refractivity contribution in [3.63, 3.8) is 0 Å². The zero-order valence-electron chi connectivity index (χ0n) is 10.9. The third kappa shape index (κ3) is 2.87. The van der Waals surface area contributed by atoms with Crippen LogP contribution in [0.2, 0.25) is 0 Å². The maximum absolute atomic E-state index is 13.1. The molecule has 4 nitrogen and oxygen atoms in total. The summed E-state index contributed by atoms with van der Waals surface area (Å²) in [7, 11) is 0. The molecule has 108 valence electrons. The number of hydrogen-bond acceptors (Lipinski definition) is 5. The summed E-state index contributed by atoms with van der Waals surface area (Å²) in [6.07, 6.45) is 2.06. The second kappa shape index (κ2) is 5.20. The van der Waals surface area contributed by atoms with Crippen molar-refractivity contribution < 1.29 is 17.6 Å². The second-order valence-electron chi connectivity index (χ2n) is 5.04. The molecule has 0 aliphatic heterocycles. The molecule has 2 aromatic rings. The highest BCUT2D eigenvalue weighted by Crippen LogP contribution is 2.41. The van der Waals surface area contributed by atoms with Gasteiger partial charge in [0.05, 0.1) is 11.8 Å². The number of furan rings is 1. The summed E-state index contributed by atoms with van der Waals surface area (Å²) in [6, 6.07) is 1.76. The van der Waals surface area contributed by atoms with Gasteiger partial charge in [0.25, 0.3) is 11.1 Å². The van der Waals surface area contributed by atoms with Crippen LogP contribution in [0.1, 0.15) is 25.0 Å². The van der Waals surface area contributed by atoms with Gasteiger partial charge in [-0.1, -0.05) is 11.8 Å². The smallest absolute Gasteiger partial charge is 0.276 e. The van der Waals surface area contributed by atoms with Gasteiger partial charge in [-0.25, -0.2) is 8.78 Å². The first-order chi connectivity index (χ1) is 9.53. The third-order valence-corrected chi connectivity index (χ3v) is 4.49. The second-order valence-corrected chi connectivity index (χ2v) is 6.01. The highest BCUT2D eigenvalue weighted by atomic mass is 32.2. The molecular formula is C13H14F2N2O2S. The van der Waals surface area contributed by atoms with Crippen LogP contribution < -0.4 is 0 Å². The lowest BCUT2D eigenvalue weighted by atomic mass is 10.1. The number of nitrogens with zero attached hydrogens (tertiary/aromatic N) is 2. The van der Waals surface area contributed by atoms with Gasteiger partial charge in [-0.2, -0.15) is 0 Å². The van der Waals surface area contributed by atoms with Crippen molar-refractivity contribution in [2.24, 2.45) is 5.92 Å². The largest absolute Gasteiger partial charge is 0.469 e. The van der Waals surface area contributed by atoms with Crippen molar-refractivity contribution in [1.29, 1.82) is 0 Å². The van der Waals surface area contributed by atoms with Crippen molar-refractivity contribution in [2.45, 2.75) is 37.3 Å². The number of rotatable bonds is 4. The fraction of sp³-hybridized carbons (Fsp3) is 0.538. The number of alkyl halides is 2. The van der Waals surface area contributed by atoms with Gasteiger partial charge in [0.15, 0.2) is 0 Å². The molecule has 3 rings (SSSR count). The van der Waals surface area contributed by atoms with E-state index < -0.39 is 5.92 Å². The molecule has 0 aromatic carbocycles. The SMILES string of the molecule is Cc1occc1-c1nnc(SC[C@@H]2CCC(F)(F)C2)o1. The first-order valence-corrected chi connectivity index (χ1v) is 7.41. The molecule has 2 aromatic heterocycles. The normalized spacial score (nSPS) is 21.4. The lowest BCUT2D eigenvalue weighted by molar-refractivity contribution is 0.00595. The van der Waals surface area contributed by atoms with Crippen LogP contribution in [0.5, 0.6) is 0 Å². The lowest BCUT2D eigenvalue weighted by Crippen LogP contribution is -2.10. The molecule has 1 atom stereocenters. The van der Waals surface area contributed by atoms with E-state index in [4.69, 9.17) is 8.83 Å². The highest BCUT2D eigenvalue weighted by Gasteiger charge is 2.39. The van der Waals surface area contributed by atoms with E-state index in [0.29, 0.717) is 29.0 Å². The minimum absolute atomic E-state index is 0.0124. The number of aryl methyl sites for hydroxylation is 1. The van der Waals surface area contributed by atoms with Gasteiger partial charge in [0, 0.05) is 18.6 Å². The van der Waals surface area contributed by atoms with Crippen LogP contribution in [0.4, 0.5) is 8.78 Å². The Bertz CT molecular complexity index is 597. The molecule has 0 bridgehead atoms. The molecule has 2 heterocycles. The summed E-state index contributed by atoms with van der Waals surface area (Å²) >= 11 is 1.34. The zero-order chi connectivity index (χ0) is 14.2. The molecule has 1 aliphatic rings. The lowest BCUT2D eigenvalue weighted by Gasteiger charge is -2.08. The Hall–Kier alpha value is -1.37. The number of halogens is 2. The average molecular weight is 300 g/mol. The van der Waals surface area contributed by atoms with E-state index in [2.05, 4.69) is 10.2 Å². The standard InChI is InChI=1S/C13H14F2N2O2S/c1-8-10(3-5-18-8)11-16-17-12(19-11)20-7-9-2-4-13(14,15)6-9/h3,5,9H,2,4,6-7H2,1H3/t9-/m1/s1. The van der Waals surface area contributed by atoms with Crippen LogP contribution in [-0.4, -0.2) is 21.9 Å². The third-order valence-electron chi connectivity index (χ3n) is 3.44. The van der Waals surface area contributed by atoms with E-state index in [-0.39, 0.29) is 18.8 Å². The fourth-order valence-electron chi connectivity index (χ4n) is 2.36. The Kier molecular flexibility index (Phi) is 3.54. The fourth-order valence-corrected chi connectivity index (χ4v) is 3.26. The summed E-state index contributed by atoms with van der Waals surface area (Å²) in [6.45, 7) is 1.81. The summed E-state index contributed by atoms with van der Waals surface area (Å²) in [5.74, 6) is -0.794. The van der Waals surface area contributed by atoms with Crippen LogP contribution in [-0.2, 0) is 0 Å². The average Bonchev–Trinajstić information content (AvgIpc) is 3.07. The van der Waals surface area contributed by atoms with E-state index in [1.54, 1.807) is 12.3 Å². The Morgan fingerprint density at radius 2 is 2.30 bits per heavy atom. The Labute approximate surface area is 118 Å². The maximum atomic E-state index is 13.1. The van der Waals surface area contributed by atoms with E-state index >= 15 is 0 Å². The van der Waals surface area contributed by atoms with Gasteiger partial charge in [-0.15, -0.1) is 10.2 Å². The molecule has 0 amide bonds. The molecule has 0 saturated heterocycles. The minimum Gasteiger partial charge on any atom is -0.469 e. The van der Waals surface area contributed by atoms with Crippen LogP contribution in [0.15, 0.2) is 26.4 Å². The molecule has 1 saturated carbocycles.